The summed E-state index contributed by atoms with van der Waals surface area (Å²) in [5.74, 6) is 0.286. The van der Waals surface area contributed by atoms with Gasteiger partial charge in [-0.15, -0.1) is 34.9 Å². The van der Waals surface area contributed by atoms with Crippen LogP contribution in [-0.4, -0.2) is 26.0 Å². The van der Waals surface area contributed by atoms with E-state index in [9.17, 15) is 15.0 Å². The van der Waals surface area contributed by atoms with Gasteiger partial charge in [-0.25, -0.2) is 4.98 Å². The van der Waals surface area contributed by atoms with Crippen LogP contribution in [0, 0.1) is 16.9 Å². The van der Waals surface area contributed by atoms with E-state index in [1.54, 1.807) is 29.0 Å². The van der Waals surface area contributed by atoms with Crippen molar-refractivity contribution in [2.45, 2.75) is 100 Å². The Labute approximate surface area is 309 Å². The molecule has 2 N–H and O–H groups in total. The van der Waals surface area contributed by atoms with E-state index in [0.29, 0.717) is 0 Å². The molecule has 5 nitrogen and oxygen atoms in total. The van der Waals surface area contributed by atoms with E-state index < -0.39 is 0 Å². The van der Waals surface area contributed by atoms with Gasteiger partial charge >= 0.3 is 0 Å². The molecule has 3 heterocycles. The first kappa shape index (κ1) is 41.3. The predicted octanol–water partition coefficient (Wildman–Crippen LogP) is 12.4. The van der Waals surface area contributed by atoms with Crippen LogP contribution < -0.4 is 0 Å². The SMILES string of the molecule is C=Cc1c(/C=C/C(C)=C\O)sc2ncnc(-c3[c-]c4ccsc4c(C(C)(C)C)c3)c12.CCC(C)(CC)C(=O)/C=C(\O)C(C)(CC)CC.[Ir]. The molecule has 0 saturated carbocycles. The summed E-state index contributed by atoms with van der Waals surface area (Å²) in [5.41, 5.74) is 4.33. The molecule has 1 radical (unpaired) electrons. The quantitative estimate of drug-likeness (QED) is 0.0679. The van der Waals surface area contributed by atoms with Gasteiger partial charge in [0, 0.05) is 53.0 Å². The van der Waals surface area contributed by atoms with Crippen molar-refractivity contribution >= 4 is 60.9 Å². The van der Waals surface area contributed by atoms with Crippen LogP contribution in [0.5, 0.6) is 0 Å². The fraction of sp³-hybridized carbons (Fsp3) is 0.425. The van der Waals surface area contributed by atoms with E-state index in [2.05, 4.69) is 60.9 Å². The van der Waals surface area contributed by atoms with E-state index in [0.717, 1.165) is 74.8 Å². The van der Waals surface area contributed by atoms with Gasteiger partial charge in [-0.3, -0.25) is 9.78 Å². The molecule has 4 aromatic rings. The summed E-state index contributed by atoms with van der Waals surface area (Å²) < 4.78 is 1.28. The monoisotopic (exact) mass is 864 g/mol. The molecule has 48 heavy (non-hydrogen) atoms. The number of rotatable bonds is 11. The number of aliphatic hydroxyl groups excluding tert-OH is 2. The second-order valence-corrected chi connectivity index (χ2v) is 15.6. The van der Waals surface area contributed by atoms with Crippen molar-refractivity contribution < 1.29 is 35.1 Å². The molecule has 0 unspecified atom stereocenters. The van der Waals surface area contributed by atoms with Gasteiger partial charge in [-0.05, 0) is 65.3 Å². The van der Waals surface area contributed by atoms with Crippen molar-refractivity contribution in [3.8, 4) is 11.3 Å². The van der Waals surface area contributed by atoms with Crippen molar-refractivity contribution in [2.24, 2.45) is 10.8 Å². The van der Waals surface area contributed by atoms with Crippen LogP contribution in [0.4, 0.5) is 0 Å². The third-order valence-electron chi connectivity index (χ3n) is 9.59. The zero-order valence-corrected chi connectivity index (χ0v) is 34.1. The molecule has 0 saturated heterocycles. The first-order valence-corrected chi connectivity index (χ1v) is 18.1. The third-order valence-corrected chi connectivity index (χ3v) is 11.6. The van der Waals surface area contributed by atoms with E-state index in [1.807, 2.05) is 66.7 Å². The summed E-state index contributed by atoms with van der Waals surface area (Å²) in [6.07, 6.45) is 13.2. The molecule has 0 aliphatic heterocycles. The second kappa shape index (κ2) is 17.2. The summed E-state index contributed by atoms with van der Waals surface area (Å²) in [6, 6.07) is 7.92. The van der Waals surface area contributed by atoms with Crippen molar-refractivity contribution in [1.29, 1.82) is 0 Å². The van der Waals surface area contributed by atoms with Crippen LogP contribution in [0.15, 0.2) is 60.2 Å². The number of aromatic nitrogens is 2. The van der Waals surface area contributed by atoms with E-state index in [4.69, 9.17) is 0 Å². The Kier molecular flexibility index (Phi) is 14.8. The van der Waals surface area contributed by atoms with Gasteiger partial charge < -0.3 is 10.2 Å². The number of benzene rings is 1. The van der Waals surface area contributed by atoms with Gasteiger partial charge in [0.25, 0.3) is 0 Å². The molecule has 0 spiro atoms. The van der Waals surface area contributed by atoms with Crippen LogP contribution in [-0.2, 0) is 30.3 Å². The maximum Gasteiger partial charge on any atom is 0.164 e. The van der Waals surface area contributed by atoms with Gasteiger partial charge in [0.1, 0.15) is 16.9 Å². The zero-order valence-electron chi connectivity index (χ0n) is 30.1. The fourth-order valence-electron chi connectivity index (χ4n) is 5.13. The Balaban J connectivity index is 0.000000384. The number of aliphatic hydroxyl groups is 2. The molecule has 4 rings (SSSR count). The first-order chi connectivity index (χ1) is 22.1. The Morgan fingerprint density at radius 2 is 1.65 bits per heavy atom. The molecule has 0 aliphatic carbocycles. The molecule has 8 heteroatoms. The summed E-state index contributed by atoms with van der Waals surface area (Å²) in [6.45, 7) is 24.7. The number of hydrogen-bond donors (Lipinski definition) is 2. The number of carbonyl (C=O) groups excluding carboxylic acids is 1. The number of fused-ring (bicyclic) bond motifs is 2. The number of allylic oxidation sites excluding steroid dienone is 4. The molecule has 0 bridgehead atoms. The average Bonchev–Trinajstić information content (AvgIpc) is 3.69. The van der Waals surface area contributed by atoms with Crippen molar-refractivity contribution in [3.05, 3.63) is 82.2 Å². The van der Waals surface area contributed by atoms with E-state index >= 15 is 0 Å². The number of carbonyl (C=O) groups is 1. The van der Waals surface area contributed by atoms with Gasteiger partial charge in [0.05, 0.1) is 6.26 Å². The van der Waals surface area contributed by atoms with Crippen LogP contribution in [0.25, 0.3) is 43.7 Å². The summed E-state index contributed by atoms with van der Waals surface area (Å²) in [4.78, 5) is 23.3. The second-order valence-electron chi connectivity index (χ2n) is 13.6. The first-order valence-electron chi connectivity index (χ1n) is 16.4. The molecule has 261 valence electrons. The topological polar surface area (TPSA) is 83.3 Å². The average molecular weight is 864 g/mol. The van der Waals surface area contributed by atoms with Crippen LogP contribution in [0.2, 0.25) is 0 Å². The van der Waals surface area contributed by atoms with Crippen molar-refractivity contribution in [3.63, 3.8) is 0 Å². The largest absolute Gasteiger partial charge is 0.515 e. The maximum atomic E-state index is 12.2. The Morgan fingerprint density at radius 3 is 2.19 bits per heavy atom. The number of hydrogen-bond acceptors (Lipinski definition) is 7. The van der Waals surface area contributed by atoms with Crippen molar-refractivity contribution in [1.82, 2.24) is 9.97 Å². The number of ketones is 1. The van der Waals surface area contributed by atoms with Crippen LogP contribution >= 0.6 is 22.7 Å². The molecule has 1 aromatic carbocycles. The number of thiophene rings is 2. The van der Waals surface area contributed by atoms with E-state index in [-0.39, 0.29) is 47.9 Å². The Bertz CT molecular complexity index is 1810. The van der Waals surface area contributed by atoms with Crippen LogP contribution in [0.1, 0.15) is 111 Å². The van der Waals surface area contributed by atoms with Crippen molar-refractivity contribution in [2.75, 3.05) is 0 Å². The normalized spacial score (nSPS) is 13.0. The third kappa shape index (κ3) is 9.01. The Hall–Kier alpha value is -2.90. The molecule has 3 aromatic heterocycles. The smallest absolute Gasteiger partial charge is 0.164 e. The van der Waals surface area contributed by atoms with Gasteiger partial charge in [0.15, 0.2) is 5.78 Å². The van der Waals surface area contributed by atoms with Gasteiger partial charge in [-0.1, -0.05) is 92.2 Å². The molecule has 0 amide bonds. The molecule has 0 aliphatic rings. The Morgan fingerprint density at radius 1 is 1.02 bits per heavy atom. The van der Waals surface area contributed by atoms with Gasteiger partial charge in [-0.2, -0.15) is 11.3 Å². The maximum absolute atomic E-state index is 12.2. The number of nitrogens with zero attached hydrogens (tertiary/aromatic N) is 2. The fourth-order valence-corrected chi connectivity index (χ4v) is 7.25. The van der Waals surface area contributed by atoms with Crippen LogP contribution in [0.3, 0.4) is 0 Å². The molecule has 0 atom stereocenters. The minimum atomic E-state index is -0.337. The molecule has 0 fully saturated rings. The minimum absolute atomic E-state index is 0. The van der Waals surface area contributed by atoms with Gasteiger partial charge in [0.2, 0.25) is 0 Å². The van der Waals surface area contributed by atoms with E-state index in [1.165, 1.54) is 16.3 Å². The minimum Gasteiger partial charge on any atom is -0.515 e. The predicted molar refractivity (Wildman–Crippen MR) is 204 cm³/mol. The summed E-state index contributed by atoms with van der Waals surface area (Å²) >= 11 is 3.35. The molecular weight excluding hydrogens is 813 g/mol. The zero-order chi connectivity index (χ0) is 35.2. The standard InChI is InChI=1S/C25H23N2OS2.C15H28O2.Ir/c1-6-18-20(8-7-15(2)13-28)30-24-21(18)22(26-14-27-24)17-11-16-9-10-29-23(16)19(12-17)25(3,4)5;1-7-14(5,8-2)12(16)11-13(17)15(6,9-3)10-4;/h6-10,12-14,28H,1H2,2-5H3;11,16H,7-10H2,1-6H3;/q-1;;/b8-7+,15-13-;12-11-;. The summed E-state index contributed by atoms with van der Waals surface area (Å²) in [5, 5.41) is 23.5. The molecular formula is C40H51IrN2O3S2-. The summed E-state index contributed by atoms with van der Waals surface area (Å²) in [7, 11) is 0.